The number of nitrogens with one attached hydrogen (secondary N) is 1. The molecule has 0 heterocycles. The van der Waals surface area contributed by atoms with E-state index in [4.69, 9.17) is 4.74 Å². The number of allylic oxidation sites excluding steroid dienone is 4. The van der Waals surface area contributed by atoms with Gasteiger partial charge in [-0.15, -0.1) is 0 Å². The van der Waals surface area contributed by atoms with Gasteiger partial charge in [0, 0.05) is 12.8 Å². The lowest BCUT2D eigenvalue weighted by atomic mass is 10.0. The van der Waals surface area contributed by atoms with Gasteiger partial charge in [-0.05, 0) is 51.4 Å². The second-order valence-electron chi connectivity index (χ2n) is 21.0. The summed E-state index contributed by atoms with van der Waals surface area (Å²) in [6.45, 7) is 4.90. The molecule has 0 aromatic rings. The Morgan fingerprint density at radius 3 is 1.18 bits per heavy atom. The molecular weight excluding hydrogens is 839 g/mol. The van der Waals surface area contributed by atoms with Gasteiger partial charge in [0.1, 0.15) is 0 Å². The highest BCUT2D eigenvalue weighted by Gasteiger charge is 2.20. The highest BCUT2D eigenvalue weighted by Crippen LogP contribution is 2.18. The first-order valence-electron chi connectivity index (χ1n) is 30.6. The van der Waals surface area contributed by atoms with Crippen molar-refractivity contribution in [3.8, 4) is 0 Å². The maximum Gasteiger partial charge on any atom is 0.305 e. The number of aliphatic hydroxyl groups is 2. The summed E-state index contributed by atoms with van der Waals surface area (Å²) in [6.07, 6.45) is 70.3. The van der Waals surface area contributed by atoms with Crippen LogP contribution in [0.15, 0.2) is 24.3 Å². The van der Waals surface area contributed by atoms with E-state index < -0.39 is 12.1 Å². The van der Waals surface area contributed by atoms with Crippen molar-refractivity contribution >= 4 is 11.9 Å². The molecule has 0 rings (SSSR count). The molecule has 6 heteroatoms. The van der Waals surface area contributed by atoms with Crippen molar-refractivity contribution in [1.29, 1.82) is 0 Å². The Labute approximate surface area is 424 Å². The molecule has 6 nitrogen and oxygen atoms in total. The molecule has 1 amide bonds. The van der Waals surface area contributed by atoms with Crippen LogP contribution in [0.4, 0.5) is 0 Å². The lowest BCUT2D eigenvalue weighted by Gasteiger charge is -2.22. The number of hydrogen-bond donors (Lipinski definition) is 3. The number of hydrogen-bond acceptors (Lipinski definition) is 5. The van der Waals surface area contributed by atoms with E-state index in [1.165, 1.54) is 250 Å². The second kappa shape index (κ2) is 57.9. The van der Waals surface area contributed by atoms with Crippen LogP contribution in [0, 0.1) is 0 Å². The zero-order chi connectivity index (χ0) is 49.3. The number of unbranched alkanes of at least 4 members (excludes halogenated alkanes) is 42. The SMILES string of the molecule is CCC/C=C\C/C=C\CCCCCCCC(=O)OCCCCCCCCCCCCCCCCCCCCC(=O)NC(CO)C(O)CCCCCCCCCCCCCCCCCCCCCC. The molecule has 0 aliphatic rings. The van der Waals surface area contributed by atoms with Crippen molar-refractivity contribution in [2.24, 2.45) is 0 Å². The summed E-state index contributed by atoms with van der Waals surface area (Å²) in [7, 11) is 0. The minimum absolute atomic E-state index is 0.00744. The summed E-state index contributed by atoms with van der Waals surface area (Å²) in [4.78, 5) is 24.5. The van der Waals surface area contributed by atoms with E-state index in [-0.39, 0.29) is 18.5 Å². The maximum absolute atomic E-state index is 12.5. The van der Waals surface area contributed by atoms with Crippen LogP contribution in [0.1, 0.15) is 335 Å². The first-order valence-corrected chi connectivity index (χ1v) is 30.6. The van der Waals surface area contributed by atoms with Crippen LogP contribution >= 0.6 is 0 Å². The Kier molecular flexibility index (Phi) is 56.5. The molecule has 0 aromatic carbocycles. The van der Waals surface area contributed by atoms with Crippen molar-refractivity contribution in [3.05, 3.63) is 24.3 Å². The third-order valence-corrected chi connectivity index (χ3v) is 14.2. The quantitative estimate of drug-likeness (QED) is 0.0321. The fraction of sp³-hybridized carbons (Fsp3) is 0.903. The van der Waals surface area contributed by atoms with Crippen LogP contribution in [0.25, 0.3) is 0 Å². The molecule has 68 heavy (non-hydrogen) atoms. The van der Waals surface area contributed by atoms with Crippen LogP contribution in [0.5, 0.6) is 0 Å². The number of amides is 1. The van der Waals surface area contributed by atoms with Gasteiger partial charge in [-0.3, -0.25) is 9.59 Å². The number of carbonyl (C=O) groups excluding carboxylic acids is 2. The molecule has 0 saturated heterocycles. The molecule has 2 atom stereocenters. The van der Waals surface area contributed by atoms with Gasteiger partial charge < -0.3 is 20.3 Å². The average Bonchev–Trinajstić information content (AvgIpc) is 3.34. The number of aliphatic hydroxyl groups excluding tert-OH is 2. The predicted molar refractivity (Wildman–Crippen MR) is 296 cm³/mol. The van der Waals surface area contributed by atoms with Gasteiger partial charge in [-0.25, -0.2) is 0 Å². The minimum Gasteiger partial charge on any atom is -0.466 e. The van der Waals surface area contributed by atoms with Crippen LogP contribution < -0.4 is 5.32 Å². The number of carbonyl (C=O) groups is 2. The van der Waals surface area contributed by atoms with Gasteiger partial charge in [0.2, 0.25) is 5.91 Å². The van der Waals surface area contributed by atoms with Crippen molar-refractivity contribution < 1.29 is 24.5 Å². The summed E-state index contributed by atoms with van der Waals surface area (Å²) in [5, 5.41) is 23.4. The van der Waals surface area contributed by atoms with Crippen molar-refractivity contribution in [1.82, 2.24) is 5.32 Å². The van der Waals surface area contributed by atoms with E-state index in [9.17, 15) is 19.8 Å². The van der Waals surface area contributed by atoms with Crippen LogP contribution in [-0.4, -0.2) is 47.4 Å². The van der Waals surface area contributed by atoms with Crippen LogP contribution in [0.3, 0.4) is 0 Å². The van der Waals surface area contributed by atoms with E-state index in [2.05, 4.69) is 43.5 Å². The van der Waals surface area contributed by atoms with Crippen LogP contribution in [0.2, 0.25) is 0 Å². The predicted octanol–water partition coefficient (Wildman–Crippen LogP) is 19.0. The largest absolute Gasteiger partial charge is 0.466 e. The molecule has 0 fully saturated rings. The third kappa shape index (κ3) is 53.7. The minimum atomic E-state index is -0.668. The molecule has 0 saturated carbocycles. The van der Waals surface area contributed by atoms with Crippen molar-refractivity contribution in [2.45, 2.75) is 347 Å². The summed E-state index contributed by atoms with van der Waals surface area (Å²) in [6, 6.07) is -0.545. The molecule has 0 bridgehead atoms. The highest BCUT2D eigenvalue weighted by atomic mass is 16.5. The molecule has 3 N–H and O–H groups in total. The molecule has 0 radical (unpaired) electrons. The van der Waals surface area contributed by atoms with Gasteiger partial charge in [0.15, 0.2) is 0 Å². The van der Waals surface area contributed by atoms with Gasteiger partial charge >= 0.3 is 5.97 Å². The summed E-state index contributed by atoms with van der Waals surface area (Å²) in [5.74, 6) is -0.0437. The second-order valence-corrected chi connectivity index (χ2v) is 21.0. The van der Waals surface area contributed by atoms with Crippen molar-refractivity contribution in [3.63, 3.8) is 0 Å². The number of ether oxygens (including phenoxy) is 1. The fourth-order valence-electron chi connectivity index (χ4n) is 9.56. The summed E-state index contributed by atoms with van der Waals surface area (Å²) < 4.78 is 5.46. The Morgan fingerprint density at radius 1 is 0.412 bits per heavy atom. The molecule has 0 aromatic heterocycles. The Balaban J connectivity index is 3.42. The number of esters is 1. The third-order valence-electron chi connectivity index (χ3n) is 14.2. The van der Waals surface area contributed by atoms with Gasteiger partial charge in [-0.1, -0.05) is 295 Å². The van der Waals surface area contributed by atoms with Gasteiger partial charge in [0.05, 0.1) is 25.4 Å². The zero-order valence-corrected chi connectivity index (χ0v) is 45.9. The van der Waals surface area contributed by atoms with E-state index in [1.807, 2.05) is 0 Å². The Morgan fingerprint density at radius 2 is 0.765 bits per heavy atom. The molecule has 2 unspecified atom stereocenters. The van der Waals surface area contributed by atoms with Crippen LogP contribution in [-0.2, 0) is 14.3 Å². The monoisotopic (exact) mass is 958 g/mol. The average molecular weight is 959 g/mol. The molecular formula is C62H119NO5. The summed E-state index contributed by atoms with van der Waals surface area (Å²) in [5.41, 5.74) is 0. The standard InChI is InChI=1S/C62H119NO5/c1-3-5-7-9-11-13-15-17-18-19-20-21-24-27-31-34-38-42-46-50-54-60(65)59(58-64)63-61(66)55-51-47-43-39-35-32-28-25-22-23-26-29-33-37-41-45-49-53-57-68-62(67)56-52-48-44-40-36-30-16-14-12-10-8-6-4-2/h8,10,14,16,59-60,64-65H,3-7,9,11-13,15,17-58H2,1-2H3,(H,63,66)/b10-8-,16-14-. The van der Waals surface area contributed by atoms with E-state index in [0.717, 1.165) is 51.4 Å². The Bertz CT molecular complexity index is 1060. The molecule has 0 aliphatic heterocycles. The lowest BCUT2D eigenvalue weighted by molar-refractivity contribution is -0.143. The normalized spacial score (nSPS) is 12.7. The first-order chi connectivity index (χ1) is 33.5. The topological polar surface area (TPSA) is 95.9 Å². The zero-order valence-electron chi connectivity index (χ0n) is 45.9. The smallest absolute Gasteiger partial charge is 0.305 e. The van der Waals surface area contributed by atoms with E-state index >= 15 is 0 Å². The summed E-state index contributed by atoms with van der Waals surface area (Å²) >= 11 is 0. The lowest BCUT2D eigenvalue weighted by Crippen LogP contribution is -2.45. The first kappa shape index (κ1) is 66.3. The fourth-order valence-corrected chi connectivity index (χ4v) is 9.56. The van der Waals surface area contributed by atoms with Gasteiger partial charge in [0.25, 0.3) is 0 Å². The molecule has 0 aliphatic carbocycles. The van der Waals surface area contributed by atoms with E-state index in [0.29, 0.717) is 25.9 Å². The maximum atomic E-state index is 12.5. The van der Waals surface area contributed by atoms with Crippen molar-refractivity contribution in [2.75, 3.05) is 13.2 Å². The van der Waals surface area contributed by atoms with E-state index in [1.54, 1.807) is 0 Å². The molecule has 402 valence electrons. The highest BCUT2D eigenvalue weighted by molar-refractivity contribution is 5.76. The number of rotatable bonds is 57. The van der Waals surface area contributed by atoms with Gasteiger partial charge in [-0.2, -0.15) is 0 Å². The Hall–Kier alpha value is -1.66. The molecule has 0 spiro atoms.